The number of rotatable bonds is 8. The second-order valence-corrected chi connectivity index (χ2v) is 4.52. The van der Waals surface area contributed by atoms with Gasteiger partial charge < -0.3 is 4.74 Å². The minimum atomic E-state index is 0.647. The highest BCUT2D eigenvalue weighted by atomic mass is 79.9. The highest BCUT2D eigenvalue weighted by Crippen LogP contribution is 2.12. The van der Waals surface area contributed by atoms with Crippen LogP contribution < -0.4 is 0 Å². The second kappa shape index (κ2) is 8.54. The van der Waals surface area contributed by atoms with E-state index in [0.717, 1.165) is 24.8 Å². The van der Waals surface area contributed by atoms with E-state index in [1.165, 1.54) is 5.56 Å². The summed E-state index contributed by atoms with van der Waals surface area (Å²) in [6.45, 7) is 5.29. The molecule has 0 aliphatic heterocycles. The number of ether oxygens (including phenoxy) is 1. The van der Waals surface area contributed by atoms with Gasteiger partial charge in [-0.15, -0.1) is 6.58 Å². The maximum Gasteiger partial charge on any atom is 0.0716 e. The molecule has 88 valence electrons. The van der Waals surface area contributed by atoms with Gasteiger partial charge in [-0.1, -0.05) is 52.3 Å². The van der Waals surface area contributed by atoms with Gasteiger partial charge in [0, 0.05) is 11.9 Å². The molecule has 0 amide bonds. The van der Waals surface area contributed by atoms with Gasteiger partial charge in [0.25, 0.3) is 0 Å². The first-order valence-corrected chi connectivity index (χ1v) is 6.77. The van der Waals surface area contributed by atoms with Crippen LogP contribution in [0.15, 0.2) is 43.0 Å². The minimum Gasteiger partial charge on any atom is -0.377 e. The quantitative estimate of drug-likeness (QED) is 0.395. The highest BCUT2D eigenvalue weighted by Gasteiger charge is 2.04. The lowest BCUT2D eigenvalue weighted by molar-refractivity contribution is 0.110. The molecule has 0 bridgehead atoms. The zero-order valence-corrected chi connectivity index (χ0v) is 11.2. The molecule has 1 rings (SSSR count). The molecule has 2 heteroatoms. The van der Waals surface area contributed by atoms with Gasteiger partial charge in [0.2, 0.25) is 0 Å². The molecule has 1 aromatic rings. The maximum absolute atomic E-state index is 5.64. The van der Waals surface area contributed by atoms with Crippen LogP contribution in [0.3, 0.4) is 0 Å². The molecule has 0 N–H and O–H groups in total. The van der Waals surface area contributed by atoms with Gasteiger partial charge in [-0.25, -0.2) is 0 Å². The fraction of sp³-hybridized carbons (Fsp3) is 0.429. The number of hydrogen-bond donors (Lipinski definition) is 0. The Hall–Kier alpha value is -0.600. The fourth-order valence-corrected chi connectivity index (χ4v) is 2.10. The van der Waals surface area contributed by atoms with Crippen molar-refractivity contribution < 1.29 is 4.74 Å². The molecule has 1 atom stereocenters. The maximum atomic E-state index is 5.64. The summed E-state index contributed by atoms with van der Waals surface area (Å²) in [5.41, 5.74) is 1.24. The number of benzene rings is 1. The summed E-state index contributed by atoms with van der Waals surface area (Å²) in [6.07, 6.45) is 4.12. The Kier molecular flexibility index (Phi) is 7.19. The molecule has 0 saturated heterocycles. The zero-order valence-electron chi connectivity index (χ0n) is 9.57. The van der Waals surface area contributed by atoms with Crippen molar-refractivity contribution >= 4 is 15.9 Å². The number of halogens is 1. The van der Waals surface area contributed by atoms with Crippen LogP contribution in [-0.2, 0) is 11.3 Å². The Bertz CT molecular complexity index is 284. The second-order valence-electron chi connectivity index (χ2n) is 3.87. The van der Waals surface area contributed by atoms with Gasteiger partial charge in [0.1, 0.15) is 0 Å². The SMILES string of the molecule is C=CCC(CBr)CCOCc1ccccc1. The summed E-state index contributed by atoms with van der Waals surface area (Å²) in [5, 5.41) is 1.02. The monoisotopic (exact) mass is 282 g/mol. The average Bonchev–Trinajstić information content (AvgIpc) is 2.34. The van der Waals surface area contributed by atoms with E-state index in [2.05, 4.69) is 34.6 Å². The Morgan fingerprint density at radius 2 is 2.06 bits per heavy atom. The molecule has 0 spiro atoms. The van der Waals surface area contributed by atoms with Crippen LogP contribution in [0.5, 0.6) is 0 Å². The van der Waals surface area contributed by atoms with Gasteiger partial charge in [-0.05, 0) is 24.3 Å². The standard InChI is InChI=1S/C14H19BrO/c1-2-6-13(11-15)9-10-16-12-14-7-4-3-5-8-14/h2-5,7-8,13H,1,6,9-12H2. The third-order valence-corrected chi connectivity index (χ3v) is 3.42. The van der Waals surface area contributed by atoms with E-state index >= 15 is 0 Å². The average molecular weight is 283 g/mol. The highest BCUT2D eigenvalue weighted by molar-refractivity contribution is 9.09. The third-order valence-electron chi connectivity index (χ3n) is 2.50. The van der Waals surface area contributed by atoms with Gasteiger partial charge in [0.05, 0.1) is 6.61 Å². The van der Waals surface area contributed by atoms with E-state index < -0.39 is 0 Å². The van der Waals surface area contributed by atoms with Crippen molar-refractivity contribution in [1.82, 2.24) is 0 Å². The van der Waals surface area contributed by atoms with Crippen molar-refractivity contribution in [2.75, 3.05) is 11.9 Å². The largest absolute Gasteiger partial charge is 0.377 e. The van der Waals surface area contributed by atoms with Crippen LogP contribution in [0.4, 0.5) is 0 Å². The molecular weight excluding hydrogens is 264 g/mol. The summed E-state index contributed by atoms with van der Waals surface area (Å²) in [5.74, 6) is 0.647. The first-order chi connectivity index (χ1) is 7.86. The van der Waals surface area contributed by atoms with Gasteiger partial charge in [-0.2, -0.15) is 0 Å². The van der Waals surface area contributed by atoms with Crippen molar-refractivity contribution in [3.8, 4) is 0 Å². The molecule has 16 heavy (non-hydrogen) atoms. The molecular formula is C14H19BrO. The number of hydrogen-bond acceptors (Lipinski definition) is 1. The number of allylic oxidation sites excluding steroid dienone is 1. The Balaban J connectivity index is 2.13. The van der Waals surface area contributed by atoms with Crippen LogP contribution >= 0.6 is 15.9 Å². The lowest BCUT2D eigenvalue weighted by Crippen LogP contribution is -2.06. The normalized spacial score (nSPS) is 12.3. The summed E-state index contributed by atoms with van der Waals surface area (Å²) in [4.78, 5) is 0. The van der Waals surface area contributed by atoms with E-state index in [1.54, 1.807) is 0 Å². The lowest BCUT2D eigenvalue weighted by Gasteiger charge is -2.11. The Morgan fingerprint density at radius 1 is 1.31 bits per heavy atom. The van der Waals surface area contributed by atoms with Crippen molar-refractivity contribution in [1.29, 1.82) is 0 Å². The molecule has 1 unspecified atom stereocenters. The van der Waals surface area contributed by atoms with Gasteiger partial charge in [-0.3, -0.25) is 0 Å². The van der Waals surface area contributed by atoms with Crippen LogP contribution in [0, 0.1) is 5.92 Å². The van der Waals surface area contributed by atoms with Crippen LogP contribution in [0.2, 0.25) is 0 Å². The van der Waals surface area contributed by atoms with E-state index in [0.29, 0.717) is 12.5 Å². The first-order valence-electron chi connectivity index (χ1n) is 5.65. The summed E-state index contributed by atoms with van der Waals surface area (Å²) >= 11 is 3.51. The number of alkyl halides is 1. The first kappa shape index (κ1) is 13.5. The zero-order chi connectivity index (χ0) is 11.6. The molecule has 0 radical (unpaired) electrons. The van der Waals surface area contributed by atoms with Crippen molar-refractivity contribution in [3.63, 3.8) is 0 Å². The molecule has 1 nitrogen and oxygen atoms in total. The molecule has 0 fully saturated rings. The van der Waals surface area contributed by atoms with E-state index in [1.807, 2.05) is 24.3 Å². The fourth-order valence-electron chi connectivity index (χ4n) is 1.51. The molecule has 1 aromatic carbocycles. The van der Waals surface area contributed by atoms with Crippen molar-refractivity contribution in [3.05, 3.63) is 48.6 Å². The van der Waals surface area contributed by atoms with E-state index in [9.17, 15) is 0 Å². The summed E-state index contributed by atoms with van der Waals surface area (Å²) < 4.78 is 5.64. The lowest BCUT2D eigenvalue weighted by atomic mass is 10.1. The molecule has 0 aliphatic carbocycles. The molecule has 0 saturated carbocycles. The van der Waals surface area contributed by atoms with Gasteiger partial charge in [0.15, 0.2) is 0 Å². The van der Waals surface area contributed by atoms with Crippen molar-refractivity contribution in [2.45, 2.75) is 19.4 Å². The topological polar surface area (TPSA) is 9.23 Å². The molecule has 0 aromatic heterocycles. The molecule has 0 aliphatic rings. The Labute approximate surface area is 107 Å². The third kappa shape index (κ3) is 5.47. The minimum absolute atomic E-state index is 0.647. The smallest absolute Gasteiger partial charge is 0.0716 e. The van der Waals surface area contributed by atoms with Crippen molar-refractivity contribution in [2.24, 2.45) is 5.92 Å². The van der Waals surface area contributed by atoms with E-state index in [-0.39, 0.29) is 0 Å². The van der Waals surface area contributed by atoms with Crippen LogP contribution in [0.1, 0.15) is 18.4 Å². The molecule has 0 heterocycles. The van der Waals surface area contributed by atoms with Gasteiger partial charge >= 0.3 is 0 Å². The van der Waals surface area contributed by atoms with Crippen LogP contribution in [0.25, 0.3) is 0 Å². The van der Waals surface area contributed by atoms with Crippen LogP contribution in [-0.4, -0.2) is 11.9 Å². The summed E-state index contributed by atoms with van der Waals surface area (Å²) in [7, 11) is 0. The predicted octanol–water partition coefficient (Wildman–Crippen LogP) is 4.18. The predicted molar refractivity (Wildman–Crippen MR) is 72.8 cm³/mol. The van der Waals surface area contributed by atoms with E-state index in [4.69, 9.17) is 4.74 Å². The Morgan fingerprint density at radius 3 is 2.69 bits per heavy atom. The summed E-state index contributed by atoms with van der Waals surface area (Å²) in [6, 6.07) is 10.3.